The Hall–Kier alpha value is -2.04. The molecule has 0 aliphatic heterocycles. The molecular formula is C22H35NO4. The molecule has 1 unspecified atom stereocenters. The van der Waals surface area contributed by atoms with Gasteiger partial charge < -0.3 is 15.5 Å². The minimum absolute atomic E-state index is 0.150. The second kappa shape index (κ2) is 13.2. The van der Waals surface area contributed by atoms with E-state index in [1.54, 1.807) is 12.1 Å². The van der Waals surface area contributed by atoms with Crippen LogP contribution in [0.5, 0.6) is 5.75 Å². The van der Waals surface area contributed by atoms with Crippen LogP contribution in [0.2, 0.25) is 0 Å². The first-order valence-electron chi connectivity index (χ1n) is 10.2. The zero-order valence-electron chi connectivity index (χ0n) is 16.8. The molecule has 0 spiro atoms. The van der Waals surface area contributed by atoms with Crippen LogP contribution in [-0.2, 0) is 16.0 Å². The van der Waals surface area contributed by atoms with E-state index in [0.29, 0.717) is 6.42 Å². The Kier molecular flexibility index (Phi) is 11.2. The number of carbonyl (C=O) groups is 2. The van der Waals surface area contributed by atoms with Gasteiger partial charge in [0.15, 0.2) is 0 Å². The van der Waals surface area contributed by atoms with Crippen molar-refractivity contribution >= 4 is 11.9 Å². The van der Waals surface area contributed by atoms with E-state index in [1.165, 1.54) is 44.6 Å². The lowest BCUT2D eigenvalue weighted by Crippen LogP contribution is -2.42. The van der Waals surface area contributed by atoms with Crippen molar-refractivity contribution in [2.75, 3.05) is 0 Å². The Labute approximate surface area is 163 Å². The molecule has 5 heteroatoms. The summed E-state index contributed by atoms with van der Waals surface area (Å²) < 4.78 is 0. The Morgan fingerprint density at radius 2 is 1.59 bits per heavy atom. The molecule has 1 amide bonds. The third kappa shape index (κ3) is 10.0. The predicted molar refractivity (Wildman–Crippen MR) is 108 cm³/mol. The van der Waals surface area contributed by atoms with Crippen molar-refractivity contribution in [3.63, 3.8) is 0 Å². The van der Waals surface area contributed by atoms with E-state index in [9.17, 15) is 19.8 Å². The van der Waals surface area contributed by atoms with Crippen LogP contribution < -0.4 is 5.32 Å². The number of benzene rings is 1. The first-order valence-corrected chi connectivity index (χ1v) is 10.2. The van der Waals surface area contributed by atoms with Gasteiger partial charge in [0.2, 0.25) is 5.91 Å². The third-order valence-corrected chi connectivity index (χ3v) is 4.89. The summed E-state index contributed by atoms with van der Waals surface area (Å²) in [5.41, 5.74) is 1.62. The average Bonchev–Trinajstić information content (AvgIpc) is 2.61. The number of carboxylic acid groups (broad SMARTS) is 1. The van der Waals surface area contributed by atoms with E-state index in [1.807, 2.05) is 6.92 Å². The number of unbranched alkanes of at least 4 members (excludes halogenated alkanes) is 8. The first-order chi connectivity index (χ1) is 12.9. The number of carbonyl (C=O) groups excluding carboxylic acids is 1. The lowest BCUT2D eigenvalue weighted by Gasteiger charge is -2.16. The number of phenols is 1. The van der Waals surface area contributed by atoms with Gasteiger partial charge in [-0.25, -0.2) is 4.79 Å². The number of hydrogen-bond acceptors (Lipinski definition) is 3. The van der Waals surface area contributed by atoms with Gasteiger partial charge in [-0.15, -0.1) is 0 Å². The molecular weight excluding hydrogens is 342 g/mol. The van der Waals surface area contributed by atoms with Crippen LogP contribution in [-0.4, -0.2) is 28.1 Å². The fraction of sp³-hybridized carbons (Fsp3) is 0.636. The second-order valence-corrected chi connectivity index (χ2v) is 7.35. The van der Waals surface area contributed by atoms with Crippen LogP contribution in [0.3, 0.4) is 0 Å². The van der Waals surface area contributed by atoms with E-state index in [0.717, 1.165) is 30.4 Å². The average molecular weight is 378 g/mol. The van der Waals surface area contributed by atoms with Gasteiger partial charge in [-0.3, -0.25) is 4.79 Å². The molecule has 0 aliphatic carbocycles. The Balaban J connectivity index is 2.28. The van der Waals surface area contributed by atoms with Crippen LogP contribution in [0.4, 0.5) is 0 Å². The fourth-order valence-electron chi connectivity index (χ4n) is 3.19. The molecule has 152 valence electrons. The van der Waals surface area contributed by atoms with E-state index in [2.05, 4.69) is 12.2 Å². The Morgan fingerprint density at radius 3 is 2.15 bits per heavy atom. The predicted octanol–water partition coefficient (Wildman–Crippen LogP) is 4.73. The number of carboxylic acids is 1. The van der Waals surface area contributed by atoms with Crippen LogP contribution in [0.1, 0.15) is 82.3 Å². The molecule has 1 aromatic carbocycles. The summed E-state index contributed by atoms with van der Waals surface area (Å²) in [6.45, 7) is 4.03. The van der Waals surface area contributed by atoms with Gasteiger partial charge in [-0.1, -0.05) is 64.4 Å². The molecule has 1 aromatic rings. The number of aliphatic carboxylic acids is 1. The monoisotopic (exact) mass is 377 g/mol. The largest absolute Gasteiger partial charge is 0.508 e. The smallest absolute Gasteiger partial charge is 0.326 e. The third-order valence-electron chi connectivity index (χ3n) is 4.89. The van der Waals surface area contributed by atoms with Crippen molar-refractivity contribution in [3.8, 4) is 5.75 Å². The summed E-state index contributed by atoms with van der Waals surface area (Å²) in [5, 5.41) is 21.5. The summed E-state index contributed by atoms with van der Waals surface area (Å²) in [6.07, 6.45) is 11.2. The minimum atomic E-state index is -1.04. The summed E-state index contributed by atoms with van der Waals surface area (Å²) in [6, 6.07) is 3.89. The van der Waals surface area contributed by atoms with E-state index >= 15 is 0 Å². The number of amides is 1. The Morgan fingerprint density at radius 1 is 1.00 bits per heavy atom. The van der Waals surface area contributed by atoms with E-state index in [4.69, 9.17) is 0 Å². The second-order valence-electron chi connectivity index (χ2n) is 7.35. The highest BCUT2D eigenvalue weighted by Gasteiger charge is 2.21. The molecule has 27 heavy (non-hydrogen) atoms. The van der Waals surface area contributed by atoms with Crippen molar-refractivity contribution in [2.24, 2.45) is 0 Å². The first kappa shape index (κ1) is 23.0. The molecule has 0 bridgehead atoms. The maximum atomic E-state index is 12.1. The summed E-state index contributed by atoms with van der Waals surface area (Å²) in [5.74, 6) is -1.10. The van der Waals surface area contributed by atoms with Crippen LogP contribution in [0.15, 0.2) is 18.2 Å². The molecule has 0 aromatic heterocycles. The number of nitrogens with one attached hydrogen (secondary N) is 1. The molecule has 1 atom stereocenters. The molecule has 5 nitrogen and oxygen atoms in total. The molecule has 3 N–H and O–H groups in total. The molecule has 0 heterocycles. The zero-order valence-corrected chi connectivity index (χ0v) is 16.8. The van der Waals surface area contributed by atoms with Gasteiger partial charge in [-0.2, -0.15) is 0 Å². The van der Waals surface area contributed by atoms with Gasteiger partial charge in [-0.05, 0) is 36.6 Å². The lowest BCUT2D eigenvalue weighted by molar-refractivity contribution is -0.141. The quantitative estimate of drug-likeness (QED) is 0.409. The van der Waals surface area contributed by atoms with Crippen LogP contribution in [0, 0.1) is 6.92 Å². The number of hydrogen-bond donors (Lipinski definition) is 3. The fourth-order valence-corrected chi connectivity index (χ4v) is 3.19. The normalized spacial score (nSPS) is 11.9. The van der Waals surface area contributed by atoms with Gasteiger partial charge in [0.05, 0.1) is 0 Å². The molecule has 0 fully saturated rings. The number of rotatable bonds is 14. The van der Waals surface area contributed by atoms with E-state index in [-0.39, 0.29) is 18.1 Å². The highest BCUT2D eigenvalue weighted by Crippen LogP contribution is 2.17. The van der Waals surface area contributed by atoms with Crippen LogP contribution >= 0.6 is 0 Å². The van der Waals surface area contributed by atoms with Crippen molar-refractivity contribution in [1.82, 2.24) is 5.32 Å². The molecule has 1 rings (SSSR count). The Bertz CT molecular complexity index is 586. The molecule has 0 radical (unpaired) electrons. The summed E-state index contributed by atoms with van der Waals surface area (Å²) in [7, 11) is 0. The topological polar surface area (TPSA) is 86.6 Å². The standard InChI is InChI=1S/C22H35NO4/c1-3-4-5-6-7-8-9-10-11-12-21(25)23-20(22(26)27)16-18-13-14-19(24)15-17(18)2/h13-15,20,24H,3-12,16H2,1-2H3,(H,23,25)(H,26,27). The zero-order chi connectivity index (χ0) is 20.1. The molecule has 0 saturated heterocycles. The van der Waals surface area contributed by atoms with Gasteiger partial charge in [0.1, 0.15) is 11.8 Å². The van der Waals surface area contributed by atoms with Gasteiger partial charge >= 0.3 is 5.97 Å². The lowest BCUT2D eigenvalue weighted by atomic mass is 10.0. The summed E-state index contributed by atoms with van der Waals surface area (Å²) >= 11 is 0. The van der Waals surface area contributed by atoms with Crippen molar-refractivity contribution in [1.29, 1.82) is 0 Å². The van der Waals surface area contributed by atoms with E-state index < -0.39 is 12.0 Å². The maximum absolute atomic E-state index is 12.1. The maximum Gasteiger partial charge on any atom is 0.326 e. The SMILES string of the molecule is CCCCCCCCCCCC(=O)NC(Cc1ccc(O)cc1C)C(=O)O. The number of aromatic hydroxyl groups is 1. The summed E-state index contributed by atoms with van der Waals surface area (Å²) in [4.78, 5) is 23.6. The van der Waals surface area contributed by atoms with Gasteiger partial charge in [0.25, 0.3) is 0 Å². The minimum Gasteiger partial charge on any atom is -0.508 e. The highest BCUT2D eigenvalue weighted by molar-refractivity contribution is 5.83. The molecule has 0 saturated carbocycles. The van der Waals surface area contributed by atoms with Crippen molar-refractivity contribution in [3.05, 3.63) is 29.3 Å². The van der Waals surface area contributed by atoms with Crippen molar-refractivity contribution < 1.29 is 19.8 Å². The molecule has 0 aliphatic rings. The van der Waals surface area contributed by atoms with Crippen LogP contribution in [0.25, 0.3) is 0 Å². The number of phenolic OH excluding ortho intramolecular Hbond substituents is 1. The number of aryl methyl sites for hydroxylation is 1. The van der Waals surface area contributed by atoms with Gasteiger partial charge in [0, 0.05) is 12.8 Å². The van der Waals surface area contributed by atoms with Crippen molar-refractivity contribution in [2.45, 2.75) is 90.5 Å². The highest BCUT2D eigenvalue weighted by atomic mass is 16.4.